The number of methoxy groups -OCH3 is 1. The van der Waals surface area contributed by atoms with Gasteiger partial charge >= 0.3 is 0 Å². The summed E-state index contributed by atoms with van der Waals surface area (Å²) in [6.45, 7) is 4.23. The second kappa shape index (κ2) is 5.97. The van der Waals surface area contributed by atoms with Gasteiger partial charge in [-0.15, -0.1) is 0 Å². The summed E-state index contributed by atoms with van der Waals surface area (Å²) >= 11 is 0. The summed E-state index contributed by atoms with van der Waals surface area (Å²) in [6.07, 6.45) is -0.509. The molecule has 4 heteroatoms. The molecule has 0 radical (unpaired) electrons. The minimum atomic E-state index is -0.845. The average Bonchev–Trinajstić information content (AvgIpc) is 2.04. The molecule has 0 spiro atoms. The Hall–Kier alpha value is -0.610. The summed E-state index contributed by atoms with van der Waals surface area (Å²) in [4.78, 5) is 11.1. The molecule has 0 rings (SSSR count). The number of rotatable bonds is 5. The number of nitrogens with one attached hydrogen (secondary N) is 1. The fourth-order valence-corrected chi connectivity index (χ4v) is 0.854. The Labute approximate surface area is 72.9 Å². The number of ether oxygens (including phenoxy) is 1. The van der Waals surface area contributed by atoms with Crippen molar-refractivity contribution in [2.75, 3.05) is 13.7 Å². The van der Waals surface area contributed by atoms with Crippen LogP contribution in [0.2, 0.25) is 0 Å². The highest BCUT2D eigenvalue weighted by Gasteiger charge is 2.15. The lowest BCUT2D eigenvalue weighted by molar-refractivity contribution is -0.130. The molecule has 0 aromatic carbocycles. The maximum Gasteiger partial charge on any atom is 0.223 e. The predicted octanol–water partition coefficient (Wildman–Crippen LogP) is 0.113. The van der Waals surface area contributed by atoms with Crippen LogP contribution in [0, 0.1) is 5.92 Å². The van der Waals surface area contributed by atoms with Gasteiger partial charge in [0.05, 0.1) is 0 Å². The third kappa shape index (κ3) is 4.31. The highest BCUT2D eigenvalue weighted by atomic mass is 16.6. The minimum Gasteiger partial charge on any atom is -0.368 e. The third-order valence-corrected chi connectivity index (χ3v) is 1.63. The van der Waals surface area contributed by atoms with E-state index in [0.29, 0.717) is 13.0 Å². The van der Waals surface area contributed by atoms with Crippen LogP contribution < -0.4 is 5.32 Å². The number of carbonyl (C=O) groups excluding carboxylic acids is 1. The number of hydrogen-bond donors (Lipinski definition) is 2. The molecule has 1 amide bonds. The van der Waals surface area contributed by atoms with E-state index in [-0.39, 0.29) is 11.8 Å². The van der Waals surface area contributed by atoms with Crippen LogP contribution in [0.15, 0.2) is 0 Å². The van der Waals surface area contributed by atoms with E-state index in [1.807, 2.05) is 6.92 Å². The lowest BCUT2D eigenvalue weighted by Crippen LogP contribution is -2.31. The summed E-state index contributed by atoms with van der Waals surface area (Å²) in [6, 6.07) is 0. The Morgan fingerprint density at radius 3 is 2.67 bits per heavy atom. The summed E-state index contributed by atoms with van der Waals surface area (Å²) in [5, 5.41) is 11.7. The van der Waals surface area contributed by atoms with E-state index in [2.05, 4.69) is 10.1 Å². The van der Waals surface area contributed by atoms with Crippen molar-refractivity contribution in [3.63, 3.8) is 0 Å². The van der Waals surface area contributed by atoms with Crippen LogP contribution in [0.5, 0.6) is 0 Å². The van der Waals surface area contributed by atoms with Crippen molar-refractivity contribution in [3.8, 4) is 0 Å². The fraction of sp³-hybridized carbons (Fsp3) is 0.875. The van der Waals surface area contributed by atoms with Gasteiger partial charge in [0.25, 0.3) is 0 Å². The number of amides is 1. The fourth-order valence-electron chi connectivity index (χ4n) is 0.854. The van der Waals surface area contributed by atoms with Crippen molar-refractivity contribution in [3.05, 3.63) is 0 Å². The minimum absolute atomic E-state index is 0.0476. The van der Waals surface area contributed by atoms with Crippen LogP contribution >= 0.6 is 0 Å². The van der Waals surface area contributed by atoms with Gasteiger partial charge in [0.15, 0.2) is 6.29 Å². The van der Waals surface area contributed by atoms with Crippen LogP contribution in [-0.2, 0) is 9.53 Å². The molecule has 0 aromatic rings. The molecule has 0 saturated heterocycles. The molecule has 2 unspecified atom stereocenters. The van der Waals surface area contributed by atoms with Crippen LogP contribution in [-0.4, -0.2) is 31.0 Å². The highest BCUT2D eigenvalue weighted by molar-refractivity contribution is 5.78. The molecule has 4 nitrogen and oxygen atoms in total. The first-order chi connectivity index (χ1) is 5.61. The summed E-state index contributed by atoms with van der Waals surface area (Å²) in [7, 11) is 1.41. The molecule has 0 saturated carbocycles. The van der Waals surface area contributed by atoms with Crippen LogP contribution in [0.4, 0.5) is 0 Å². The van der Waals surface area contributed by atoms with Gasteiger partial charge < -0.3 is 15.2 Å². The van der Waals surface area contributed by atoms with Crippen LogP contribution in [0.25, 0.3) is 0 Å². The lowest BCUT2D eigenvalue weighted by atomic mass is 10.1. The van der Waals surface area contributed by atoms with E-state index in [4.69, 9.17) is 5.11 Å². The molecule has 0 aromatic heterocycles. The predicted molar refractivity (Wildman–Crippen MR) is 45.5 cm³/mol. The van der Waals surface area contributed by atoms with Gasteiger partial charge in [-0.05, 0) is 6.92 Å². The molecule has 0 bridgehead atoms. The zero-order valence-electron chi connectivity index (χ0n) is 7.83. The quantitative estimate of drug-likeness (QED) is 0.583. The van der Waals surface area contributed by atoms with Crippen molar-refractivity contribution in [2.45, 2.75) is 26.6 Å². The summed E-state index contributed by atoms with van der Waals surface area (Å²) in [5.41, 5.74) is 0. The van der Waals surface area contributed by atoms with Crippen molar-refractivity contribution >= 4 is 5.91 Å². The van der Waals surface area contributed by atoms with Gasteiger partial charge in [0.2, 0.25) is 5.91 Å². The third-order valence-electron chi connectivity index (χ3n) is 1.63. The van der Waals surface area contributed by atoms with Crippen molar-refractivity contribution in [1.29, 1.82) is 0 Å². The first-order valence-corrected chi connectivity index (χ1v) is 4.10. The number of aliphatic hydroxyl groups is 1. The zero-order chi connectivity index (χ0) is 9.56. The largest absolute Gasteiger partial charge is 0.368 e. The van der Waals surface area contributed by atoms with Gasteiger partial charge in [-0.2, -0.15) is 0 Å². The van der Waals surface area contributed by atoms with Crippen molar-refractivity contribution in [2.24, 2.45) is 5.92 Å². The second-order valence-corrected chi connectivity index (χ2v) is 2.72. The first-order valence-electron chi connectivity index (χ1n) is 4.10. The van der Waals surface area contributed by atoms with E-state index in [1.165, 1.54) is 7.11 Å². The molecular formula is C8H17NO3. The first kappa shape index (κ1) is 11.4. The van der Waals surface area contributed by atoms with E-state index in [0.717, 1.165) is 0 Å². The normalized spacial score (nSPS) is 15.3. The van der Waals surface area contributed by atoms with Crippen LogP contribution in [0.3, 0.4) is 0 Å². The smallest absolute Gasteiger partial charge is 0.223 e. The van der Waals surface area contributed by atoms with Gasteiger partial charge in [-0.25, -0.2) is 0 Å². The maximum atomic E-state index is 11.1. The Morgan fingerprint density at radius 1 is 1.67 bits per heavy atom. The van der Waals surface area contributed by atoms with Gasteiger partial charge in [-0.1, -0.05) is 6.92 Å². The molecule has 2 atom stereocenters. The van der Waals surface area contributed by atoms with E-state index in [9.17, 15) is 4.79 Å². The highest BCUT2D eigenvalue weighted by Crippen LogP contribution is 2.05. The van der Waals surface area contributed by atoms with E-state index < -0.39 is 6.29 Å². The number of hydrogen-bond acceptors (Lipinski definition) is 3. The van der Waals surface area contributed by atoms with Gasteiger partial charge in [0.1, 0.15) is 0 Å². The standard InChI is InChI=1S/C8H17NO3/c1-4-9-8(11)6(2)5-7(10)12-3/h6-7,10H,4-5H2,1-3H3,(H,9,11). The Kier molecular flexibility index (Phi) is 5.66. The topological polar surface area (TPSA) is 58.6 Å². The van der Waals surface area contributed by atoms with Gasteiger partial charge in [-0.3, -0.25) is 4.79 Å². The molecule has 2 N–H and O–H groups in total. The van der Waals surface area contributed by atoms with Crippen molar-refractivity contribution < 1.29 is 14.6 Å². The zero-order valence-corrected chi connectivity index (χ0v) is 7.83. The van der Waals surface area contributed by atoms with Crippen molar-refractivity contribution in [1.82, 2.24) is 5.32 Å². The number of aliphatic hydroxyl groups excluding tert-OH is 1. The summed E-state index contributed by atoms with van der Waals surface area (Å²) < 4.78 is 4.62. The molecule has 72 valence electrons. The lowest BCUT2D eigenvalue weighted by Gasteiger charge is -2.14. The van der Waals surface area contributed by atoms with E-state index >= 15 is 0 Å². The SMILES string of the molecule is CCNC(=O)C(C)CC(O)OC. The monoisotopic (exact) mass is 175 g/mol. The maximum absolute atomic E-state index is 11.1. The molecule has 0 aliphatic heterocycles. The molecular weight excluding hydrogens is 158 g/mol. The molecule has 0 heterocycles. The summed E-state index contributed by atoms with van der Waals surface area (Å²) in [5.74, 6) is -0.256. The number of carbonyl (C=O) groups is 1. The van der Waals surface area contributed by atoms with E-state index in [1.54, 1.807) is 6.92 Å². The Bertz CT molecular complexity index is 138. The molecule has 12 heavy (non-hydrogen) atoms. The molecule has 0 aliphatic carbocycles. The van der Waals surface area contributed by atoms with Crippen LogP contribution in [0.1, 0.15) is 20.3 Å². The average molecular weight is 175 g/mol. The Balaban J connectivity index is 3.70. The molecule has 0 fully saturated rings. The molecule has 0 aliphatic rings. The Morgan fingerprint density at radius 2 is 2.25 bits per heavy atom. The second-order valence-electron chi connectivity index (χ2n) is 2.72. The van der Waals surface area contributed by atoms with Gasteiger partial charge in [0, 0.05) is 26.0 Å².